The number of rotatable bonds is 6. The van der Waals surface area contributed by atoms with E-state index in [-0.39, 0.29) is 5.91 Å². The van der Waals surface area contributed by atoms with Crippen LogP contribution in [-0.2, 0) is 4.79 Å². The highest BCUT2D eigenvalue weighted by atomic mass is 16.2. The normalized spacial score (nSPS) is 18.3. The molecule has 4 heteroatoms. The van der Waals surface area contributed by atoms with Crippen LogP contribution in [0, 0.1) is 5.92 Å². The molecule has 0 radical (unpaired) electrons. The number of carbonyl (C=O) groups excluding carboxylic acids is 1. The van der Waals surface area contributed by atoms with Crippen LogP contribution in [0.1, 0.15) is 26.2 Å². The number of piperidine rings is 1. The lowest BCUT2D eigenvalue weighted by molar-refractivity contribution is -0.130. The number of nitrogens with zero attached hydrogens (tertiary/aromatic N) is 2. The predicted molar refractivity (Wildman–Crippen MR) is 71.0 cm³/mol. The van der Waals surface area contributed by atoms with Crippen LogP contribution in [0.25, 0.3) is 0 Å². The molecule has 0 aromatic heterocycles. The predicted octanol–water partition coefficient (Wildman–Crippen LogP) is 0.786. The highest BCUT2D eigenvalue weighted by Crippen LogP contribution is 2.16. The van der Waals surface area contributed by atoms with Crippen LogP contribution in [0.5, 0.6) is 0 Å². The standard InChI is InChI=1S/C13H27N3O/c1-4-7-14-10-12-5-8-16(9-6-12)11-13(17)15(2)3/h12,14H,4-11H2,1-3H3. The third kappa shape index (κ3) is 5.50. The zero-order valence-corrected chi connectivity index (χ0v) is 11.5. The molecule has 100 valence electrons. The highest BCUT2D eigenvalue weighted by molar-refractivity contribution is 5.77. The van der Waals surface area contributed by atoms with Crippen LogP contribution in [-0.4, -0.2) is 62.5 Å². The van der Waals surface area contributed by atoms with Crippen molar-refractivity contribution in [3.63, 3.8) is 0 Å². The van der Waals surface area contributed by atoms with Crippen molar-refractivity contribution in [3.05, 3.63) is 0 Å². The molecular formula is C13H27N3O. The Morgan fingerprint density at radius 1 is 1.35 bits per heavy atom. The van der Waals surface area contributed by atoms with Gasteiger partial charge in [0, 0.05) is 14.1 Å². The second-order valence-corrected chi connectivity index (χ2v) is 5.21. The summed E-state index contributed by atoms with van der Waals surface area (Å²) in [6.07, 6.45) is 3.64. The molecular weight excluding hydrogens is 214 g/mol. The summed E-state index contributed by atoms with van der Waals surface area (Å²) in [4.78, 5) is 15.5. The second kappa shape index (κ2) is 7.67. The summed E-state index contributed by atoms with van der Waals surface area (Å²) in [5, 5.41) is 3.48. The first-order chi connectivity index (χ1) is 8.13. The second-order valence-electron chi connectivity index (χ2n) is 5.21. The summed E-state index contributed by atoms with van der Waals surface area (Å²) in [6.45, 7) is 7.18. The molecule has 1 heterocycles. The Hall–Kier alpha value is -0.610. The smallest absolute Gasteiger partial charge is 0.236 e. The van der Waals surface area contributed by atoms with E-state index in [4.69, 9.17) is 0 Å². The van der Waals surface area contributed by atoms with E-state index in [9.17, 15) is 4.79 Å². The van der Waals surface area contributed by atoms with Crippen molar-refractivity contribution in [2.45, 2.75) is 26.2 Å². The first kappa shape index (κ1) is 14.5. The van der Waals surface area contributed by atoms with E-state index in [1.54, 1.807) is 4.90 Å². The van der Waals surface area contributed by atoms with Crippen molar-refractivity contribution >= 4 is 5.91 Å². The molecule has 0 saturated carbocycles. The molecule has 0 atom stereocenters. The lowest BCUT2D eigenvalue weighted by Gasteiger charge is -2.32. The van der Waals surface area contributed by atoms with Gasteiger partial charge in [-0.1, -0.05) is 6.92 Å². The Bertz CT molecular complexity index is 223. The maximum Gasteiger partial charge on any atom is 0.236 e. The van der Waals surface area contributed by atoms with E-state index < -0.39 is 0 Å². The average Bonchev–Trinajstić information content (AvgIpc) is 2.31. The van der Waals surface area contributed by atoms with Crippen molar-refractivity contribution in [2.75, 3.05) is 46.8 Å². The van der Waals surface area contributed by atoms with E-state index in [1.165, 1.54) is 19.3 Å². The fourth-order valence-electron chi connectivity index (χ4n) is 2.16. The average molecular weight is 241 g/mol. The molecule has 1 saturated heterocycles. The van der Waals surface area contributed by atoms with E-state index >= 15 is 0 Å². The van der Waals surface area contributed by atoms with E-state index in [0.29, 0.717) is 6.54 Å². The fraction of sp³-hybridized carbons (Fsp3) is 0.923. The minimum absolute atomic E-state index is 0.215. The van der Waals surface area contributed by atoms with Gasteiger partial charge in [-0.25, -0.2) is 0 Å². The minimum Gasteiger partial charge on any atom is -0.348 e. The van der Waals surface area contributed by atoms with Crippen LogP contribution >= 0.6 is 0 Å². The quantitative estimate of drug-likeness (QED) is 0.698. The number of likely N-dealkylation sites (tertiary alicyclic amines) is 1. The van der Waals surface area contributed by atoms with E-state index in [0.717, 1.165) is 32.1 Å². The highest BCUT2D eigenvalue weighted by Gasteiger charge is 2.20. The maximum atomic E-state index is 11.6. The molecule has 1 rings (SSSR count). The topological polar surface area (TPSA) is 35.6 Å². The van der Waals surface area contributed by atoms with Crippen LogP contribution in [0.15, 0.2) is 0 Å². The number of amides is 1. The Labute approximate surface area is 105 Å². The molecule has 0 aromatic carbocycles. The number of nitrogens with one attached hydrogen (secondary N) is 1. The number of hydrogen-bond donors (Lipinski definition) is 1. The van der Waals surface area contributed by atoms with Gasteiger partial charge >= 0.3 is 0 Å². The first-order valence-electron chi connectivity index (χ1n) is 6.76. The van der Waals surface area contributed by atoms with Gasteiger partial charge in [-0.3, -0.25) is 9.69 Å². The van der Waals surface area contributed by atoms with Gasteiger partial charge in [0.25, 0.3) is 0 Å². The summed E-state index contributed by atoms with van der Waals surface area (Å²) in [5.74, 6) is 1.01. The molecule has 0 aromatic rings. The molecule has 1 amide bonds. The van der Waals surface area contributed by atoms with Crippen LogP contribution in [0.2, 0.25) is 0 Å². The SMILES string of the molecule is CCCNCC1CCN(CC(=O)N(C)C)CC1. The van der Waals surface area contributed by atoms with Gasteiger partial charge < -0.3 is 10.2 Å². The van der Waals surface area contributed by atoms with Gasteiger partial charge in [0.2, 0.25) is 5.91 Å². The molecule has 1 aliphatic rings. The Morgan fingerprint density at radius 2 is 2.00 bits per heavy atom. The molecule has 1 aliphatic heterocycles. The van der Waals surface area contributed by atoms with Crippen molar-refractivity contribution < 1.29 is 4.79 Å². The molecule has 4 nitrogen and oxygen atoms in total. The fourth-order valence-corrected chi connectivity index (χ4v) is 2.16. The number of hydrogen-bond acceptors (Lipinski definition) is 3. The third-order valence-corrected chi connectivity index (χ3v) is 3.42. The molecule has 0 spiro atoms. The number of carbonyl (C=O) groups is 1. The summed E-state index contributed by atoms with van der Waals surface area (Å²) in [6, 6.07) is 0. The summed E-state index contributed by atoms with van der Waals surface area (Å²) >= 11 is 0. The van der Waals surface area contributed by atoms with Crippen LogP contribution in [0.4, 0.5) is 0 Å². The monoisotopic (exact) mass is 241 g/mol. The summed E-state index contributed by atoms with van der Waals surface area (Å²) in [7, 11) is 3.65. The van der Waals surface area contributed by atoms with Crippen LogP contribution in [0.3, 0.4) is 0 Å². The van der Waals surface area contributed by atoms with E-state index in [2.05, 4.69) is 17.1 Å². The zero-order chi connectivity index (χ0) is 12.7. The minimum atomic E-state index is 0.215. The van der Waals surface area contributed by atoms with E-state index in [1.807, 2.05) is 14.1 Å². The van der Waals surface area contributed by atoms with Crippen molar-refractivity contribution in [1.29, 1.82) is 0 Å². The van der Waals surface area contributed by atoms with Crippen molar-refractivity contribution in [1.82, 2.24) is 15.1 Å². The van der Waals surface area contributed by atoms with Crippen LogP contribution < -0.4 is 5.32 Å². The largest absolute Gasteiger partial charge is 0.348 e. The molecule has 0 aliphatic carbocycles. The maximum absolute atomic E-state index is 11.6. The van der Waals surface area contributed by atoms with Gasteiger partial charge in [-0.05, 0) is 51.4 Å². The Balaban J connectivity index is 2.15. The third-order valence-electron chi connectivity index (χ3n) is 3.42. The first-order valence-corrected chi connectivity index (χ1v) is 6.76. The molecule has 17 heavy (non-hydrogen) atoms. The summed E-state index contributed by atoms with van der Waals surface area (Å²) in [5.41, 5.74) is 0. The van der Waals surface area contributed by atoms with Gasteiger partial charge in [-0.2, -0.15) is 0 Å². The Kier molecular flexibility index (Phi) is 6.52. The lowest BCUT2D eigenvalue weighted by Crippen LogP contribution is -2.42. The van der Waals surface area contributed by atoms with Gasteiger partial charge in [0.1, 0.15) is 0 Å². The molecule has 1 N–H and O–H groups in total. The van der Waals surface area contributed by atoms with Gasteiger partial charge in [0.15, 0.2) is 0 Å². The summed E-state index contributed by atoms with van der Waals surface area (Å²) < 4.78 is 0. The van der Waals surface area contributed by atoms with Gasteiger partial charge in [-0.15, -0.1) is 0 Å². The van der Waals surface area contributed by atoms with Crippen molar-refractivity contribution in [3.8, 4) is 0 Å². The molecule has 1 fully saturated rings. The number of likely N-dealkylation sites (N-methyl/N-ethyl adjacent to an activating group) is 1. The zero-order valence-electron chi connectivity index (χ0n) is 11.5. The Morgan fingerprint density at radius 3 is 2.53 bits per heavy atom. The van der Waals surface area contributed by atoms with Crippen molar-refractivity contribution in [2.24, 2.45) is 5.92 Å². The molecule has 0 bridgehead atoms. The van der Waals surface area contributed by atoms with Gasteiger partial charge in [0.05, 0.1) is 6.54 Å². The molecule has 0 unspecified atom stereocenters. The lowest BCUT2D eigenvalue weighted by atomic mass is 9.97.